The van der Waals surface area contributed by atoms with Crippen LogP contribution in [-0.4, -0.2) is 33.0 Å². The minimum atomic E-state index is -4.30. The molecule has 1 aliphatic carbocycles. The highest BCUT2D eigenvalue weighted by molar-refractivity contribution is 5.98. The number of ketones is 1. The number of aromatic hydroxyl groups is 1. The normalized spacial score (nSPS) is 13.6. The van der Waals surface area contributed by atoms with Gasteiger partial charge < -0.3 is 15.2 Å². The van der Waals surface area contributed by atoms with Crippen molar-refractivity contribution >= 4 is 17.1 Å². The maximum atomic E-state index is 12.8. The molecule has 0 aliphatic heterocycles. The first-order valence-corrected chi connectivity index (χ1v) is 12.1. The van der Waals surface area contributed by atoms with Gasteiger partial charge in [-0.15, -0.1) is 0 Å². The van der Waals surface area contributed by atoms with Gasteiger partial charge in [-0.05, 0) is 49.4 Å². The number of hydrogen-bond acceptors (Lipinski definition) is 5. The lowest BCUT2D eigenvalue weighted by atomic mass is 9.98. The minimum Gasteiger partial charge on any atom is -0.508 e. The fourth-order valence-electron chi connectivity index (χ4n) is 4.31. The Kier molecular flexibility index (Phi) is 6.54. The van der Waals surface area contributed by atoms with Crippen LogP contribution in [0.4, 0.5) is 18.9 Å². The van der Waals surface area contributed by atoms with Crippen LogP contribution in [0.3, 0.4) is 0 Å². The maximum absolute atomic E-state index is 12.8. The molecule has 0 saturated heterocycles. The number of pyridine rings is 1. The average molecular weight is 510 g/mol. The highest BCUT2D eigenvalue weighted by Gasteiger charge is 2.27. The number of nitrogens with one attached hydrogen (secondary N) is 1. The molecule has 0 spiro atoms. The summed E-state index contributed by atoms with van der Waals surface area (Å²) in [5.41, 5.74) is 3.87. The van der Waals surface area contributed by atoms with Crippen LogP contribution in [0.1, 0.15) is 41.6 Å². The molecule has 4 aromatic rings. The van der Waals surface area contributed by atoms with Crippen LogP contribution in [-0.2, 0) is 0 Å². The summed E-state index contributed by atoms with van der Waals surface area (Å²) in [7, 11) is 0. The number of Topliss-reactive ketones (excluding diaryl/α,β-unsaturated/α-hetero) is 1. The molecule has 37 heavy (non-hydrogen) atoms. The number of aryl methyl sites for hydroxylation is 1. The van der Waals surface area contributed by atoms with Crippen LogP contribution >= 0.6 is 0 Å². The van der Waals surface area contributed by atoms with Gasteiger partial charge >= 0.3 is 6.18 Å². The number of phenolic OH excluding ortho intramolecular Hbond substituents is 1. The fraction of sp³-hybridized carbons (Fsp3) is 0.286. The minimum absolute atomic E-state index is 0.0252. The van der Waals surface area contributed by atoms with E-state index < -0.39 is 12.6 Å². The molecule has 2 aromatic heterocycles. The van der Waals surface area contributed by atoms with Gasteiger partial charge in [-0.1, -0.05) is 18.2 Å². The van der Waals surface area contributed by atoms with Crippen LogP contribution < -0.4 is 10.1 Å². The number of fused-ring (bicyclic) bond motifs is 1. The molecule has 0 radical (unpaired) electrons. The number of hydrogen-bond donors (Lipinski definition) is 2. The highest BCUT2D eigenvalue weighted by atomic mass is 19.4. The summed E-state index contributed by atoms with van der Waals surface area (Å²) >= 11 is 0. The van der Waals surface area contributed by atoms with E-state index in [9.17, 15) is 23.1 Å². The largest absolute Gasteiger partial charge is 0.508 e. The first kappa shape index (κ1) is 24.7. The van der Waals surface area contributed by atoms with Gasteiger partial charge in [-0.2, -0.15) is 13.2 Å². The summed E-state index contributed by atoms with van der Waals surface area (Å²) in [5, 5.41) is 12.6. The quantitative estimate of drug-likeness (QED) is 0.234. The summed E-state index contributed by atoms with van der Waals surface area (Å²) in [5.74, 6) is 1.38. The summed E-state index contributed by atoms with van der Waals surface area (Å²) in [6, 6.07) is 13.4. The van der Waals surface area contributed by atoms with E-state index in [-0.39, 0.29) is 18.1 Å². The second-order valence-corrected chi connectivity index (χ2v) is 9.42. The molecule has 192 valence electrons. The van der Waals surface area contributed by atoms with Crippen molar-refractivity contribution in [3.63, 3.8) is 0 Å². The molecule has 1 fully saturated rings. The van der Waals surface area contributed by atoms with Crippen LogP contribution in [0.2, 0.25) is 0 Å². The van der Waals surface area contributed by atoms with Crippen molar-refractivity contribution < 1.29 is 27.8 Å². The fourth-order valence-corrected chi connectivity index (χ4v) is 4.31. The number of phenols is 1. The van der Waals surface area contributed by atoms with Crippen LogP contribution in [0.25, 0.3) is 16.9 Å². The number of alkyl halides is 3. The monoisotopic (exact) mass is 509 g/mol. The van der Waals surface area contributed by atoms with E-state index in [4.69, 9.17) is 4.74 Å². The summed E-state index contributed by atoms with van der Waals surface area (Å²) in [6.07, 6.45) is 0.823. The number of benzene rings is 2. The molecule has 1 saturated carbocycles. The highest BCUT2D eigenvalue weighted by Crippen LogP contribution is 2.35. The van der Waals surface area contributed by atoms with Crippen LogP contribution in [0.15, 0.2) is 60.9 Å². The molecular formula is C28H26F3N3O3. The zero-order valence-corrected chi connectivity index (χ0v) is 20.2. The third-order valence-corrected chi connectivity index (χ3v) is 6.35. The second kappa shape index (κ2) is 9.80. The van der Waals surface area contributed by atoms with Gasteiger partial charge in [0.1, 0.15) is 17.2 Å². The molecule has 0 atom stereocenters. The number of ether oxygens (including phenoxy) is 1. The Balaban J connectivity index is 1.51. The summed E-state index contributed by atoms with van der Waals surface area (Å²) in [6.45, 7) is 1.57. The Morgan fingerprint density at radius 2 is 1.97 bits per heavy atom. The van der Waals surface area contributed by atoms with E-state index in [0.29, 0.717) is 46.4 Å². The van der Waals surface area contributed by atoms with Gasteiger partial charge in [0, 0.05) is 36.2 Å². The third-order valence-electron chi connectivity index (χ3n) is 6.35. The zero-order chi connectivity index (χ0) is 26.2. The van der Waals surface area contributed by atoms with Crippen molar-refractivity contribution in [3.8, 4) is 28.5 Å². The van der Waals surface area contributed by atoms with E-state index in [1.807, 2.05) is 25.1 Å². The van der Waals surface area contributed by atoms with Crippen molar-refractivity contribution in [2.24, 2.45) is 5.92 Å². The molecule has 0 unspecified atom stereocenters. The van der Waals surface area contributed by atoms with Crippen LogP contribution in [0.5, 0.6) is 17.2 Å². The van der Waals surface area contributed by atoms with Gasteiger partial charge in [0.05, 0.1) is 30.2 Å². The van der Waals surface area contributed by atoms with Crippen LogP contribution in [0, 0.1) is 12.8 Å². The van der Waals surface area contributed by atoms with Gasteiger partial charge in [0.25, 0.3) is 0 Å². The molecular weight excluding hydrogens is 483 g/mol. The number of nitrogens with zero attached hydrogens (tertiary/aromatic N) is 2. The van der Waals surface area contributed by atoms with Crippen molar-refractivity contribution in [1.82, 2.24) is 9.38 Å². The SMILES string of the molecule is Cc1cc(-c2cnc3c(NCCC(F)(F)F)cc(Oc4cccc(O)c4)cn23)ccc1C(=O)CC1CC1. The molecule has 0 bridgehead atoms. The lowest BCUT2D eigenvalue weighted by Crippen LogP contribution is -2.15. The number of carbonyl (C=O) groups is 1. The van der Waals surface area contributed by atoms with Crippen molar-refractivity contribution in [2.75, 3.05) is 11.9 Å². The van der Waals surface area contributed by atoms with Crippen molar-refractivity contribution in [1.29, 1.82) is 0 Å². The first-order valence-electron chi connectivity index (χ1n) is 12.1. The van der Waals surface area contributed by atoms with E-state index in [0.717, 1.165) is 24.0 Å². The molecule has 0 amide bonds. The zero-order valence-electron chi connectivity index (χ0n) is 20.2. The Hall–Kier alpha value is -4.01. The second-order valence-electron chi connectivity index (χ2n) is 9.42. The standard InChI is InChI=1S/C28H26F3N3O3/c1-17-11-19(7-8-23(17)26(36)12-18-5-6-18)25-15-33-27-24(32-10-9-28(29,30)31)14-22(16-34(25)27)37-21-4-2-3-20(35)13-21/h2-4,7-8,11,13-16,18,32,35H,5-6,9-10,12H2,1H3. The molecule has 5 rings (SSSR count). The Bertz CT molecular complexity index is 1460. The van der Waals surface area contributed by atoms with E-state index in [1.165, 1.54) is 12.1 Å². The predicted molar refractivity (Wildman–Crippen MR) is 134 cm³/mol. The number of rotatable bonds is 9. The van der Waals surface area contributed by atoms with Gasteiger partial charge in [-0.3, -0.25) is 9.20 Å². The number of anilines is 1. The van der Waals surface area contributed by atoms with Gasteiger partial charge in [0.2, 0.25) is 0 Å². The third kappa shape index (κ3) is 5.87. The van der Waals surface area contributed by atoms with E-state index >= 15 is 0 Å². The molecule has 2 N–H and O–H groups in total. The summed E-state index contributed by atoms with van der Waals surface area (Å²) in [4.78, 5) is 17.1. The Labute approximate surface area is 211 Å². The lowest BCUT2D eigenvalue weighted by molar-refractivity contribution is -0.131. The number of aromatic nitrogens is 2. The molecule has 2 heterocycles. The summed E-state index contributed by atoms with van der Waals surface area (Å²) < 4.78 is 46.0. The predicted octanol–water partition coefficient (Wildman–Crippen LogP) is 7.15. The molecule has 2 aromatic carbocycles. The van der Waals surface area contributed by atoms with Crippen molar-refractivity contribution in [3.05, 3.63) is 72.1 Å². The molecule has 1 aliphatic rings. The van der Waals surface area contributed by atoms with E-state index in [2.05, 4.69) is 10.3 Å². The number of halogens is 3. The Morgan fingerprint density at radius 1 is 1.16 bits per heavy atom. The van der Waals surface area contributed by atoms with Gasteiger partial charge in [-0.25, -0.2) is 4.98 Å². The maximum Gasteiger partial charge on any atom is 0.390 e. The first-order chi connectivity index (χ1) is 17.7. The lowest BCUT2D eigenvalue weighted by Gasteiger charge is -2.14. The van der Waals surface area contributed by atoms with Gasteiger partial charge in [0.15, 0.2) is 11.4 Å². The average Bonchev–Trinajstić information content (AvgIpc) is 3.53. The number of carbonyl (C=O) groups excluding carboxylic acids is 1. The smallest absolute Gasteiger partial charge is 0.390 e. The Morgan fingerprint density at radius 3 is 2.68 bits per heavy atom. The topological polar surface area (TPSA) is 75.9 Å². The molecule has 9 heteroatoms. The number of imidazole rings is 1. The van der Waals surface area contributed by atoms with Crippen molar-refractivity contribution in [2.45, 2.75) is 38.8 Å². The van der Waals surface area contributed by atoms with E-state index in [1.54, 1.807) is 35.0 Å². The molecule has 6 nitrogen and oxygen atoms in total.